The Balaban J connectivity index is 2.62. The van der Waals surface area contributed by atoms with Gasteiger partial charge in [-0.1, -0.05) is 37.3 Å². The maximum atomic E-state index is 11.5. The third-order valence-electron chi connectivity index (χ3n) is 2.37. The van der Waals surface area contributed by atoms with Crippen molar-refractivity contribution in [1.29, 1.82) is 0 Å². The third-order valence-corrected chi connectivity index (χ3v) is 2.37. The molecule has 1 unspecified atom stereocenters. The number of rotatable bonds is 5. The van der Waals surface area contributed by atoms with E-state index in [-0.39, 0.29) is 11.8 Å². The highest BCUT2D eigenvalue weighted by molar-refractivity contribution is 5.83. The van der Waals surface area contributed by atoms with Gasteiger partial charge in [-0.05, 0) is 19.0 Å². The molecule has 0 amide bonds. The number of carbonyl (C=O) groups excluding carboxylic acids is 1. The molecule has 0 fully saturated rings. The number of hydrogen-bond acceptors (Lipinski definition) is 2. The Hall–Kier alpha value is -1.15. The van der Waals surface area contributed by atoms with Crippen LogP contribution in [0, 0.1) is 0 Å². The lowest BCUT2D eigenvalue weighted by molar-refractivity contribution is -0.120. The van der Waals surface area contributed by atoms with Gasteiger partial charge in [0.1, 0.15) is 5.78 Å². The predicted molar refractivity (Wildman–Crippen MR) is 58.3 cm³/mol. The molecular formula is C12H17NO. The van der Waals surface area contributed by atoms with Crippen LogP contribution < -0.4 is 5.32 Å². The van der Waals surface area contributed by atoms with E-state index in [0.717, 1.165) is 6.42 Å². The number of hydrogen-bond donors (Lipinski definition) is 1. The zero-order valence-corrected chi connectivity index (χ0v) is 8.79. The molecular weight excluding hydrogens is 174 g/mol. The number of nitrogens with one attached hydrogen (secondary N) is 1. The Labute approximate surface area is 85.3 Å². The van der Waals surface area contributed by atoms with Crippen molar-refractivity contribution in [2.24, 2.45) is 0 Å². The van der Waals surface area contributed by atoms with Crippen molar-refractivity contribution in [1.82, 2.24) is 5.32 Å². The summed E-state index contributed by atoms with van der Waals surface area (Å²) in [7, 11) is 1.83. The molecule has 1 N–H and O–H groups in total. The summed E-state index contributed by atoms with van der Waals surface area (Å²) in [6.07, 6.45) is 1.38. The summed E-state index contributed by atoms with van der Waals surface area (Å²) in [5, 5.41) is 3.05. The van der Waals surface area contributed by atoms with Gasteiger partial charge in [0.25, 0.3) is 0 Å². The Morgan fingerprint density at radius 3 is 2.50 bits per heavy atom. The molecule has 0 bridgehead atoms. The number of Topliss-reactive ketones (excluding diaryl/α,β-unsaturated/α-hetero) is 1. The van der Waals surface area contributed by atoms with Crippen LogP contribution in [0.1, 0.15) is 18.9 Å². The van der Waals surface area contributed by atoms with Crippen LogP contribution in [0.2, 0.25) is 0 Å². The summed E-state index contributed by atoms with van der Waals surface area (Å²) in [6.45, 7) is 1.90. The van der Waals surface area contributed by atoms with Crippen molar-refractivity contribution in [2.75, 3.05) is 7.05 Å². The zero-order valence-electron chi connectivity index (χ0n) is 8.79. The first kappa shape index (κ1) is 10.9. The predicted octanol–water partition coefficient (Wildman–Crippen LogP) is 1.80. The molecule has 0 saturated heterocycles. The molecule has 1 rings (SSSR count). The SMILES string of the molecule is CCC(=O)C(Cc1ccccc1)NC. The van der Waals surface area contributed by atoms with E-state index < -0.39 is 0 Å². The summed E-state index contributed by atoms with van der Waals surface area (Å²) in [6, 6.07) is 10.0. The number of carbonyl (C=O) groups is 1. The van der Waals surface area contributed by atoms with E-state index in [1.54, 1.807) is 0 Å². The standard InChI is InChI=1S/C12H17NO/c1-3-12(14)11(13-2)9-10-7-5-4-6-8-10/h4-8,11,13H,3,9H2,1-2H3. The highest BCUT2D eigenvalue weighted by Crippen LogP contribution is 2.04. The molecule has 0 aliphatic rings. The van der Waals surface area contributed by atoms with Gasteiger partial charge >= 0.3 is 0 Å². The first-order valence-electron chi connectivity index (χ1n) is 5.01. The zero-order chi connectivity index (χ0) is 10.4. The van der Waals surface area contributed by atoms with E-state index in [0.29, 0.717) is 6.42 Å². The summed E-state index contributed by atoms with van der Waals surface area (Å²) in [5.41, 5.74) is 1.20. The fraction of sp³-hybridized carbons (Fsp3) is 0.417. The molecule has 0 spiro atoms. The molecule has 14 heavy (non-hydrogen) atoms. The van der Waals surface area contributed by atoms with Crippen molar-refractivity contribution >= 4 is 5.78 Å². The van der Waals surface area contributed by atoms with Crippen LogP contribution in [0.3, 0.4) is 0 Å². The van der Waals surface area contributed by atoms with E-state index in [9.17, 15) is 4.79 Å². The Kier molecular flexibility index (Phi) is 4.33. The molecule has 0 aliphatic heterocycles. The highest BCUT2D eigenvalue weighted by atomic mass is 16.1. The minimum absolute atomic E-state index is 0.0394. The fourth-order valence-electron chi connectivity index (χ4n) is 1.47. The molecule has 2 heteroatoms. The van der Waals surface area contributed by atoms with E-state index in [4.69, 9.17) is 0 Å². The molecule has 0 radical (unpaired) electrons. The second kappa shape index (κ2) is 5.55. The first-order valence-corrected chi connectivity index (χ1v) is 5.01. The van der Waals surface area contributed by atoms with Crippen LogP contribution in [0.25, 0.3) is 0 Å². The largest absolute Gasteiger partial charge is 0.310 e. The van der Waals surface area contributed by atoms with Crippen LogP contribution in [0.4, 0.5) is 0 Å². The first-order chi connectivity index (χ1) is 6.77. The third kappa shape index (κ3) is 2.96. The maximum absolute atomic E-state index is 11.5. The van der Waals surface area contributed by atoms with Gasteiger partial charge < -0.3 is 5.32 Å². The maximum Gasteiger partial charge on any atom is 0.149 e. The summed E-state index contributed by atoms with van der Waals surface area (Å²) in [5.74, 6) is 0.274. The van der Waals surface area contributed by atoms with Crippen molar-refractivity contribution < 1.29 is 4.79 Å². The molecule has 76 valence electrons. The van der Waals surface area contributed by atoms with E-state index in [2.05, 4.69) is 5.32 Å². The highest BCUT2D eigenvalue weighted by Gasteiger charge is 2.13. The topological polar surface area (TPSA) is 29.1 Å². The van der Waals surface area contributed by atoms with Gasteiger partial charge in [0.15, 0.2) is 0 Å². The van der Waals surface area contributed by atoms with Crippen molar-refractivity contribution in [3.63, 3.8) is 0 Å². The molecule has 0 saturated carbocycles. The van der Waals surface area contributed by atoms with Gasteiger partial charge in [-0.25, -0.2) is 0 Å². The smallest absolute Gasteiger partial charge is 0.149 e. The van der Waals surface area contributed by atoms with Gasteiger partial charge in [0, 0.05) is 6.42 Å². The molecule has 0 aromatic heterocycles. The van der Waals surface area contributed by atoms with Gasteiger partial charge in [-0.15, -0.1) is 0 Å². The lowest BCUT2D eigenvalue weighted by Crippen LogP contribution is -2.35. The van der Waals surface area contributed by atoms with Crippen LogP contribution in [0.15, 0.2) is 30.3 Å². The fourth-order valence-corrected chi connectivity index (χ4v) is 1.47. The molecule has 0 aliphatic carbocycles. The number of likely N-dealkylation sites (N-methyl/N-ethyl adjacent to an activating group) is 1. The minimum Gasteiger partial charge on any atom is -0.310 e. The quantitative estimate of drug-likeness (QED) is 0.769. The molecule has 0 heterocycles. The lowest BCUT2D eigenvalue weighted by Gasteiger charge is -2.13. The van der Waals surface area contributed by atoms with Crippen LogP contribution in [-0.2, 0) is 11.2 Å². The van der Waals surface area contributed by atoms with E-state index >= 15 is 0 Å². The van der Waals surface area contributed by atoms with Gasteiger partial charge in [0.2, 0.25) is 0 Å². The number of ketones is 1. The average molecular weight is 191 g/mol. The van der Waals surface area contributed by atoms with Gasteiger partial charge in [-0.3, -0.25) is 4.79 Å². The molecule has 1 atom stereocenters. The Morgan fingerprint density at radius 1 is 1.36 bits per heavy atom. The normalized spacial score (nSPS) is 12.4. The minimum atomic E-state index is -0.0394. The number of benzene rings is 1. The Morgan fingerprint density at radius 2 is 2.00 bits per heavy atom. The molecule has 2 nitrogen and oxygen atoms in total. The monoisotopic (exact) mass is 191 g/mol. The van der Waals surface area contributed by atoms with Crippen LogP contribution in [-0.4, -0.2) is 18.9 Å². The second-order valence-corrected chi connectivity index (χ2v) is 3.35. The summed E-state index contributed by atoms with van der Waals surface area (Å²) < 4.78 is 0. The van der Waals surface area contributed by atoms with Gasteiger partial charge in [-0.2, -0.15) is 0 Å². The lowest BCUT2D eigenvalue weighted by atomic mass is 10.0. The molecule has 1 aromatic rings. The van der Waals surface area contributed by atoms with E-state index in [1.165, 1.54) is 5.56 Å². The second-order valence-electron chi connectivity index (χ2n) is 3.35. The van der Waals surface area contributed by atoms with Crippen molar-refractivity contribution in [2.45, 2.75) is 25.8 Å². The molecule has 1 aromatic carbocycles. The Bertz CT molecular complexity index is 282. The van der Waals surface area contributed by atoms with Gasteiger partial charge in [0.05, 0.1) is 6.04 Å². The summed E-state index contributed by atoms with van der Waals surface area (Å²) in [4.78, 5) is 11.5. The van der Waals surface area contributed by atoms with Crippen molar-refractivity contribution in [3.8, 4) is 0 Å². The van der Waals surface area contributed by atoms with Crippen LogP contribution >= 0.6 is 0 Å². The van der Waals surface area contributed by atoms with Crippen LogP contribution in [0.5, 0.6) is 0 Å². The average Bonchev–Trinajstić information content (AvgIpc) is 2.26. The summed E-state index contributed by atoms with van der Waals surface area (Å²) >= 11 is 0. The van der Waals surface area contributed by atoms with E-state index in [1.807, 2.05) is 44.3 Å². The van der Waals surface area contributed by atoms with Crippen molar-refractivity contribution in [3.05, 3.63) is 35.9 Å².